The van der Waals surface area contributed by atoms with Crippen molar-refractivity contribution in [1.29, 1.82) is 0 Å². The molecule has 2 heteroatoms. The number of rotatable bonds is 1. The van der Waals surface area contributed by atoms with Crippen molar-refractivity contribution in [1.82, 2.24) is 4.98 Å². The Hall–Kier alpha value is -1.31. The molecule has 0 bridgehead atoms. The summed E-state index contributed by atoms with van der Waals surface area (Å²) in [7, 11) is 0. The van der Waals surface area contributed by atoms with E-state index in [1.807, 2.05) is 19.9 Å². The molecule has 62 valence electrons. The number of aromatic nitrogens is 1. The van der Waals surface area contributed by atoms with Crippen molar-refractivity contribution in [3.05, 3.63) is 30.1 Å². The molecule has 2 rings (SSSR count). The van der Waals surface area contributed by atoms with E-state index in [9.17, 15) is 0 Å². The highest BCUT2D eigenvalue weighted by molar-refractivity contribution is 5.72. The molecule has 0 aliphatic rings. The molecule has 0 aliphatic carbocycles. The highest BCUT2D eigenvalue weighted by Gasteiger charge is 2.07. The molecule has 0 N–H and O–H groups in total. The van der Waals surface area contributed by atoms with Gasteiger partial charge in [0.05, 0.1) is 1.37 Å². The number of fused-ring (bicyclic) bond motifs is 1. The number of hydrogen-bond acceptors (Lipinski definition) is 2. The average molecular weight is 163 g/mol. The Morgan fingerprint density at radius 2 is 2.33 bits per heavy atom. The van der Waals surface area contributed by atoms with Crippen LogP contribution in [0.4, 0.5) is 0 Å². The maximum absolute atomic E-state index is 7.60. The summed E-state index contributed by atoms with van der Waals surface area (Å²) < 4.78 is 13.1. The summed E-state index contributed by atoms with van der Waals surface area (Å²) >= 11 is 0. The maximum atomic E-state index is 7.60. The van der Waals surface area contributed by atoms with Gasteiger partial charge in [-0.2, -0.15) is 0 Å². The van der Waals surface area contributed by atoms with Gasteiger partial charge in [0.1, 0.15) is 5.52 Å². The van der Waals surface area contributed by atoms with Crippen molar-refractivity contribution in [3.63, 3.8) is 0 Å². The van der Waals surface area contributed by atoms with E-state index in [1.54, 1.807) is 12.1 Å². The van der Waals surface area contributed by atoms with Gasteiger partial charge in [-0.1, -0.05) is 26.0 Å². The minimum atomic E-state index is 0.270. The highest BCUT2D eigenvalue weighted by Crippen LogP contribution is 2.19. The zero-order valence-electron chi connectivity index (χ0n) is 8.16. The van der Waals surface area contributed by atoms with Crippen molar-refractivity contribution in [2.45, 2.75) is 19.8 Å². The number of nitrogens with zero attached hydrogens (tertiary/aromatic N) is 1. The van der Waals surface area contributed by atoms with Crippen LogP contribution in [0.25, 0.3) is 11.1 Å². The third kappa shape index (κ3) is 1.09. The zero-order valence-corrected chi connectivity index (χ0v) is 7.16. The lowest BCUT2D eigenvalue weighted by molar-refractivity contribution is 0.501. The van der Waals surface area contributed by atoms with Crippen molar-refractivity contribution in [3.8, 4) is 0 Å². The molecular formula is C10H11NO. The van der Waals surface area contributed by atoms with Crippen molar-refractivity contribution < 1.29 is 5.79 Å². The second-order valence-electron chi connectivity index (χ2n) is 3.09. The van der Waals surface area contributed by atoms with Crippen LogP contribution < -0.4 is 0 Å². The van der Waals surface area contributed by atoms with Crippen molar-refractivity contribution >= 4 is 11.1 Å². The van der Waals surface area contributed by atoms with E-state index in [0.717, 1.165) is 0 Å². The van der Waals surface area contributed by atoms with Crippen LogP contribution in [-0.2, 0) is 0 Å². The fourth-order valence-corrected chi connectivity index (χ4v) is 1.07. The Bertz CT molecular complexity index is 433. The fourth-order valence-electron chi connectivity index (χ4n) is 1.07. The minimum absolute atomic E-state index is 0.270. The van der Waals surface area contributed by atoms with E-state index in [4.69, 9.17) is 5.79 Å². The molecule has 2 nitrogen and oxygen atoms in total. The number of oxazole rings is 1. The number of para-hydroxylation sites is 2. The van der Waals surface area contributed by atoms with E-state index in [1.165, 1.54) is 0 Å². The SMILES string of the molecule is [3H]c1cccc2oc(C(C)C)nc12. The first-order valence-electron chi connectivity index (χ1n) is 4.54. The summed E-state index contributed by atoms with van der Waals surface area (Å²) in [6.07, 6.45) is 0. The van der Waals surface area contributed by atoms with Gasteiger partial charge in [0.2, 0.25) is 0 Å². The van der Waals surface area contributed by atoms with Crippen molar-refractivity contribution in [2.75, 3.05) is 0 Å². The standard InChI is InChI=1S/C10H11NO/c1-7(2)10-11-8-5-3-4-6-9(8)12-10/h3-7H,1-2H3/i5T. The summed E-state index contributed by atoms with van der Waals surface area (Å²) in [6, 6.07) is 5.79. The van der Waals surface area contributed by atoms with Crippen LogP contribution in [-0.4, -0.2) is 4.98 Å². The van der Waals surface area contributed by atoms with Gasteiger partial charge in [-0.05, 0) is 12.1 Å². The molecule has 0 saturated heterocycles. The lowest BCUT2D eigenvalue weighted by atomic mass is 10.2. The fraction of sp³-hybridized carbons (Fsp3) is 0.300. The lowest BCUT2D eigenvalue weighted by Gasteiger charge is -1.93. The molecule has 0 radical (unpaired) electrons. The van der Waals surface area contributed by atoms with Crippen molar-refractivity contribution in [2.24, 2.45) is 0 Å². The van der Waals surface area contributed by atoms with Gasteiger partial charge < -0.3 is 4.42 Å². The topological polar surface area (TPSA) is 26.0 Å². The quantitative estimate of drug-likeness (QED) is 0.646. The molecule has 0 unspecified atom stereocenters. The predicted octanol–water partition coefficient (Wildman–Crippen LogP) is 2.95. The Labute approximate surface area is 72.6 Å². The molecule has 12 heavy (non-hydrogen) atoms. The third-order valence-electron chi connectivity index (χ3n) is 1.73. The molecule has 0 spiro atoms. The van der Waals surface area contributed by atoms with Crippen LogP contribution in [0.2, 0.25) is 0 Å². The van der Waals surface area contributed by atoms with E-state index < -0.39 is 0 Å². The Morgan fingerprint density at radius 3 is 3.00 bits per heavy atom. The highest BCUT2D eigenvalue weighted by atomic mass is 16.3. The van der Waals surface area contributed by atoms with Crippen LogP contribution in [0.3, 0.4) is 0 Å². The Balaban J connectivity index is 2.68. The number of benzene rings is 1. The van der Waals surface area contributed by atoms with Crippen LogP contribution in [0, 0.1) is 0 Å². The first-order valence-corrected chi connectivity index (χ1v) is 4.04. The zero-order chi connectivity index (χ0) is 9.42. The molecule has 1 aromatic carbocycles. The van der Waals surface area contributed by atoms with Gasteiger partial charge in [0.25, 0.3) is 0 Å². The van der Waals surface area contributed by atoms with Gasteiger partial charge in [0.15, 0.2) is 11.5 Å². The van der Waals surface area contributed by atoms with E-state index in [2.05, 4.69) is 4.98 Å². The summed E-state index contributed by atoms with van der Waals surface area (Å²) in [5.41, 5.74) is 1.36. The minimum Gasteiger partial charge on any atom is -0.440 e. The molecule has 1 heterocycles. The molecule has 0 aliphatic heterocycles. The molecule has 0 fully saturated rings. The summed E-state index contributed by atoms with van der Waals surface area (Å²) in [5.74, 6) is 0.974. The monoisotopic (exact) mass is 163 g/mol. The van der Waals surface area contributed by atoms with Crippen LogP contribution >= 0.6 is 0 Å². The van der Waals surface area contributed by atoms with Gasteiger partial charge >= 0.3 is 0 Å². The Morgan fingerprint density at radius 1 is 1.50 bits per heavy atom. The van der Waals surface area contributed by atoms with E-state index >= 15 is 0 Å². The maximum Gasteiger partial charge on any atom is 0.198 e. The Kier molecular flexibility index (Phi) is 1.36. The molecule has 0 amide bonds. The average Bonchev–Trinajstić information content (AvgIpc) is 2.49. The summed E-state index contributed by atoms with van der Waals surface area (Å²) in [4.78, 5) is 4.26. The number of hydrogen-bond donors (Lipinski definition) is 0. The first-order chi connectivity index (χ1) is 6.18. The third-order valence-corrected chi connectivity index (χ3v) is 1.73. The summed E-state index contributed by atoms with van der Waals surface area (Å²) in [5, 5.41) is 0. The second-order valence-corrected chi connectivity index (χ2v) is 3.09. The second kappa shape index (κ2) is 2.63. The van der Waals surface area contributed by atoms with Gasteiger partial charge in [-0.25, -0.2) is 4.98 Å². The molecular weight excluding hydrogens is 150 g/mol. The van der Waals surface area contributed by atoms with Crippen LogP contribution in [0.15, 0.2) is 28.7 Å². The van der Waals surface area contributed by atoms with Crippen LogP contribution in [0.1, 0.15) is 27.0 Å². The van der Waals surface area contributed by atoms with Gasteiger partial charge in [-0.15, -0.1) is 0 Å². The molecule has 0 atom stereocenters. The molecule has 0 saturated carbocycles. The molecule has 1 aromatic heterocycles. The van der Waals surface area contributed by atoms with Gasteiger partial charge in [0, 0.05) is 5.92 Å². The van der Waals surface area contributed by atoms with Gasteiger partial charge in [-0.3, -0.25) is 0 Å². The van der Waals surface area contributed by atoms with E-state index in [0.29, 0.717) is 23.0 Å². The lowest BCUT2D eigenvalue weighted by Crippen LogP contribution is -1.84. The van der Waals surface area contributed by atoms with Crippen LogP contribution in [0.5, 0.6) is 0 Å². The normalized spacial score (nSPS) is 12.4. The van der Waals surface area contributed by atoms with E-state index in [-0.39, 0.29) is 5.92 Å². The first kappa shape index (κ1) is 6.23. The summed E-state index contributed by atoms with van der Waals surface area (Å²) in [6.45, 7) is 4.04. The smallest absolute Gasteiger partial charge is 0.198 e. The predicted molar refractivity (Wildman–Crippen MR) is 48.1 cm³/mol. The largest absolute Gasteiger partial charge is 0.440 e. The molecule has 2 aromatic rings.